The number of benzene rings is 1. The fourth-order valence-corrected chi connectivity index (χ4v) is 2.16. The molecule has 1 aromatic carbocycles. The molecule has 1 rings (SSSR count). The maximum absolute atomic E-state index is 11.9. The van der Waals surface area contributed by atoms with Gasteiger partial charge in [-0.1, -0.05) is 6.07 Å². The smallest absolute Gasteiger partial charge is 0.339 e. The van der Waals surface area contributed by atoms with Gasteiger partial charge >= 0.3 is 11.9 Å². The molecule has 0 aliphatic rings. The standard InChI is InChI=1S/C15H20BrNO4/c1-2-20-13(18)9-4-3-5-10-21-15(19)11-7-6-8-12(17)14(11)16/h6-8H,2-5,9-10,17H2,1H3. The van der Waals surface area contributed by atoms with Crippen LogP contribution in [0.3, 0.4) is 0 Å². The van der Waals surface area contributed by atoms with Crippen LogP contribution in [-0.2, 0) is 14.3 Å². The molecule has 0 atom stereocenters. The predicted octanol–water partition coefficient (Wildman–Crippen LogP) is 3.31. The summed E-state index contributed by atoms with van der Waals surface area (Å²) in [5.41, 5.74) is 6.62. The Morgan fingerprint density at radius 2 is 1.95 bits per heavy atom. The van der Waals surface area contributed by atoms with Gasteiger partial charge in [0.15, 0.2) is 0 Å². The first-order chi connectivity index (χ1) is 10.1. The number of anilines is 1. The van der Waals surface area contributed by atoms with Gasteiger partial charge in [-0.25, -0.2) is 4.79 Å². The second-order valence-electron chi connectivity index (χ2n) is 4.46. The zero-order chi connectivity index (χ0) is 15.7. The third-order valence-electron chi connectivity index (χ3n) is 2.81. The number of nitrogen functional groups attached to an aromatic ring is 1. The van der Waals surface area contributed by atoms with Gasteiger partial charge in [0.2, 0.25) is 0 Å². The Hall–Kier alpha value is -1.56. The normalized spacial score (nSPS) is 10.2. The van der Waals surface area contributed by atoms with Crippen LogP contribution in [0, 0.1) is 0 Å². The van der Waals surface area contributed by atoms with E-state index in [9.17, 15) is 9.59 Å². The van der Waals surface area contributed by atoms with Gasteiger partial charge in [0, 0.05) is 12.1 Å². The maximum atomic E-state index is 11.9. The van der Waals surface area contributed by atoms with E-state index < -0.39 is 5.97 Å². The molecule has 0 aliphatic carbocycles. The van der Waals surface area contributed by atoms with Crippen molar-refractivity contribution in [1.29, 1.82) is 0 Å². The molecule has 0 fully saturated rings. The van der Waals surface area contributed by atoms with E-state index in [4.69, 9.17) is 15.2 Å². The molecule has 116 valence electrons. The summed E-state index contributed by atoms with van der Waals surface area (Å²) in [7, 11) is 0. The van der Waals surface area contributed by atoms with Gasteiger partial charge in [-0.05, 0) is 54.2 Å². The number of halogens is 1. The lowest BCUT2D eigenvalue weighted by molar-refractivity contribution is -0.143. The van der Waals surface area contributed by atoms with Gasteiger partial charge < -0.3 is 15.2 Å². The zero-order valence-corrected chi connectivity index (χ0v) is 13.6. The van der Waals surface area contributed by atoms with E-state index in [1.807, 2.05) is 0 Å². The van der Waals surface area contributed by atoms with Crippen molar-refractivity contribution in [2.75, 3.05) is 18.9 Å². The minimum atomic E-state index is -0.403. The van der Waals surface area contributed by atoms with Crippen LogP contribution in [0.1, 0.15) is 43.0 Å². The number of ether oxygens (including phenoxy) is 2. The SMILES string of the molecule is CCOC(=O)CCCCCOC(=O)c1cccc(N)c1Br. The molecule has 0 amide bonds. The third kappa shape index (κ3) is 6.16. The predicted molar refractivity (Wildman–Crippen MR) is 83.9 cm³/mol. The molecule has 0 saturated carbocycles. The molecule has 21 heavy (non-hydrogen) atoms. The van der Waals surface area contributed by atoms with Gasteiger partial charge in [0.1, 0.15) is 0 Å². The Morgan fingerprint density at radius 1 is 1.19 bits per heavy atom. The minimum Gasteiger partial charge on any atom is -0.466 e. The van der Waals surface area contributed by atoms with E-state index in [-0.39, 0.29) is 5.97 Å². The summed E-state index contributed by atoms with van der Waals surface area (Å²) in [4.78, 5) is 23.0. The quantitative estimate of drug-likeness (QED) is 0.438. The van der Waals surface area contributed by atoms with Crippen molar-refractivity contribution in [1.82, 2.24) is 0 Å². The van der Waals surface area contributed by atoms with E-state index in [0.29, 0.717) is 41.8 Å². The van der Waals surface area contributed by atoms with Crippen LogP contribution in [-0.4, -0.2) is 25.2 Å². The number of nitrogens with two attached hydrogens (primary N) is 1. The van der Waals surface area contributed by atoms with Gasteiger partial charge in [0.25, 0.3) is 0 Å². The monoisotopic (exact) mass is 357 g/mol. The molecule has 0 aliphatic heterocycles. The van der Waals surface area contributed by atoms with Gasteiger partial charge in [0.05, 0.1) is 23.2 Å². The Kier molecular flexibility index (Phi) is 7.82. The summed E-state index contributed by atoms with van der Waals surface area (Å²) in [6.45, 7) is 2.51. The highest BCUT2D eigenvalue weighted by Gasteiger charge is 2.12. The fourth-order valence-electron chi connectivity index (χ4n) is 1.73. The first-order valence-electron chi connectivity index (χ1n) is 6.93. The molecule has 1 aromatic rings. The number of hydrogen-bond acceptors (Lipinski definition) is 5. The van der Waals surface area contributed by atoms with Crippen LogP contribution in [0.5, 0.6) is 0 Å². The number of carbonyl (C=O) groups is 2. The Balaban J connectivity index is 2.22. The molecule has 0 saturated heterocycles. The first-order valence-corrected chi connectivity index (χ1v) is 7.72. The average Bonchev–Trinajstić information content (AvgIpc) is 2.45. The average molecular weight is 358 g/mol. The van der Waals surface area contributed by atoms with Crippen LogP contribution in [0.15, 0.2) is 22.7 Å². The molecule has 2 N–H and O–H groups in total. The summed E-state index contributed by atoms with van der Waals surface area (Å²) in [6, 6.07) is 5.07. The summed E-state index contributed by atoms with van der Waals surface area (Å²) < 4.78 is 10.6. The maximum Gasteiger partial charge on any atom is 0.339 e. The third-order valence-corrected chi connectivity index (χ3v) is 3.70. The lowest BCUT2D eigenvalue weighted by Crippen LogP contribution is -2.08. The number of hydrogen-bond donors (Lipinski definition) is 1. The molecule has 0 radical (unpaired) electrons. The molecule has 0 bridgehead atoms. The summed E-state index contributed by atoms with van der Waals surface area (Å²) in [5.74, 6) is -0.585. The van der Waals surface area contributed by atoms with Crippen molar-refractivity contribution in [3.63, 3.8) is 0 Å². The number of rotatable bonds is 8. The number of carbonyl (C=O) groups excluding carboxylic acids is 2. The van der Waals surface area contributed by atoms with E-state index in [2.05, 4.69) is 15.9 Å². The summed E-state index contributed by atoms with van der Waals surface area (Å²) in [6.07, 6.45) is 2.66. The molecule has 0 heterocycles. The van der Waals surface area contributed by atoms with Gasteiger partial charge in [-0.3, -0.25) is 4.79 Å². The summed E-state index contributed by atoms with van der Waals surface area (Å²) >= 11 is 3.27. The Morgan fingerprint density at radius 3 is 2.67 bits per heavy atom. The van der Waals surface area contributed by atoms with Crippen molar-refractivity contribution in [3.05, 3.63) is 28.2 Å². The highest BCUT2D eigenvalue weighted by Crippen LogP contribution is 2.24. The minimum absolute atomic E-state index is 0.182. The van der Waals surface area contributed by atoms with E-state index in [0.717, 1.165) is 12.8 Å². The Bertz CT molecular complexity index is 491. The number of esters is 2. The molecule has 0 aromatic heterocycles. The molecular weight excluding hydrogens is 338 g/mol. The molecule has 5 nitrogen and oxygen atoms in total. The van der Waals surface area contributed by atoms with Crippen LogP contribution >= 0.6 is 15.9 Å². The van der Waals surface area contributed by atoms with Crippen LogP contribution < -0.4 is 5.73 Å². The molecule has 0 spiro atoms. The van der Waals surface area contributed by atoms with Crippen LogP contribution in [0.25, 0.3) is 0 Å². The Labute approximate surface area is 132 Å². The molecule has 6 heteroatoms. The van der Waals surface area contributed by atoms with E-state index >= 15 is 0 Å². The highest BCUT2D eigenvalue weighted by molar-refractivity contribution is 9.10. The summed E-state index contributed by atoms with van der Waals surface area (Å²) in [5, 5.41) is 0. The lowest BCUT2D eigenvalue weighted by Gasteiger charge is -2.07. The second-order valence-corrected chi connectivity index (χ2v) is 5.25. The van der Waals surface area contributed by atoms with Crippen molar-refractivity contribution < 1.29 is 19.1 Å². The molecular formula is C15H20BrNO4. The van der Waals surface area contributed by atoms with Crippen LogP contribution in [0.2, 0.25) is 0 Å². The zero-order valence-electron chi connectivity index (χ0n) is 12.1. The first kappa shape index (κ1) is 17.5. The largest absolute Gasteiger partial charge is 0.466 e. The van der Waals surface area contributed by atoms with Crippen LogP contribution in [0.4, 0.5) is 5.69 Å². The van der Waals surface area contributed by atoms with E-state index in [1.165, 1.54) is 0 Å². The van der Waals surface area contributed by atoms with Crippen molar-refractivity contribution in [2.24, 2.45) is 0 Å². The highest BCUT2D eigenvalue weighted by atomic mass is 79.9. The van der Waals surface area contributed by atoms with Gasteiger partial charge in [-0.15, -0.1) is 0 Å². The topological polar surface area (TPSA) is 78.6 Å². The molecule has 0 unspecified atom stereocenters. The second kappa shape index (κ2) is 9.39. The van der Waals surface area contributed by atoms with Crippen molar-refractivity contribution in [3.8, 4) is 0 Å². The van der Waals surface area contributed by atoms with Crippen molar-refractivity contribution in [2.45, 2.75) is 32.6 Å². The number of unbranched alkanes of at least 4 members (excludes halogenated alkanes) is 2. The fraction of sp³-hybridized carbons (Fsp3) is 0.467. The van der Waals surface area contributed by atoms with Gasteiger partial charge in [-0.2, -0.15) is 0 Å². The lowest BCUT2D eigenvalue weighted by atomic mass is 10.2. The van der Waals surface area contributed by atoms with E-state index in [1.54, 1.807) is 25.1 Å². The van der Waals surface area contributed by atoms with Crippen molar-refractivity contribution >= 4 is 33.6 Å².